The van der Waals surface area contributed by atoms with Crippen molar-refractivity contribution >= 4 is 50.7 Å². The van der Waals surface area contributed by atoms with E-state index in [0.717, 1.165) is 9.87 Å². The molecule has 0 unspecified atom stereocenters. The van der Waals surface area contributed by atoms with Gasteiger partial charge in [-0.2, -0.15) is 0 Å². The monoisotopic (exact) mass is 617 g/mol. The van der Waals surface area contributed by atoms with Crippen LogP contribution in [0.5, 0.6) is 0 Å². The van der Waals surface area contributed by atoms with Crippen molar-refractivity contribution < 1.29 is 18.0 Å². The Labute approximate surface area is 253 Å². The van der Waals surface area contributed by atoms with Gasteiger partial charge in [0.1, 0.15) is 12.6 Å². The molecule has 7 nitrogen and oxygen atoms in total. The third-order valence-electron chi connectivity index (χ3n) is 7.03. The first kappa shape index (κ1) is 32.4. The Hall–Kier alpha value is -3.07. The quantitative estimate of drug-likeness (QED) is 0.238. The van der Waals surface area contributed by atoms with Crippen LogP contribution < -0.4 is 9.62 Å². The SMILES string of the molecule is CCc1ccccc1N(CC(=O)N(Cc1c(Cl)cccc1Cl)[C@H](CC)C(=O)N[C@@H](C)CC)S(=O)(=O)c1ccccc1. The summed E-state index contributed by atoms with van der Waals surface area (Å²) >= 11 is 13.0. The first-order valence-electron chi connectivity index (χ1n) is 13.7. The van der Waals surface area contributed by atoms with Crippen molar-refractivity contribution in [2.24, 2.45) is 0 Å². The minimum atomic E-state index is -4.15. The van der Waals surface area contributed by atoms with E-state index in [9.17, 15) is 18.0 Å². The van der Waals surface area contributed by atoms with Crippen LogP contribution in [-0.2, 0) is 32.6 Å². The fourth-order valence-corrected chi connectivity index (χ4v) is 6.49. The predicted molar refractivity (Wildman–Crippen MR) is 166 cm³/mol. The molecule has 41 heavy (non-hydrogen) atoms. The summed E-state index contributed by atoms with van der Waals surface area (Å²) in [5, 5.41) is 3.65. The van der Waals surface area contributed by atoms with Gasteiger partial charge in [0, 0.05) is 28.2 Å². The fraction of sp³-hybridized carbons (Fsp3) is 0.355. The molecule has 0 radical (unpaired) electrons. The molecule has 0 aliphatic carbocycles. The standard InChI is InChI=1S/C31H37Cl2N3O4S/c1-5-22(4)34-31(38)28(7-3)35(20-25-26(32)17-13-18-27(25)33)30(37)21-36(29-19-12-11-14-23(29)6-2)41(39,40)24-15-9-8-10-16-24/h8-19,22,28H,5-7,20-21H2,1-4H3,(H,34,38)/t22-,28+/m0/s1. The van der Waals surface area contributed by atoms with Crippen LogP contribution in [0.1, 0.15) is 51.7 Å². The molecule has 0 aliphatic rings. The molecule has 3 aromatic rings. The normalized spacial score (nSPS) is 12.8. The Balaban J connectivity index is 2.13. The maximum absolute atomic E-state index is 14.2. The van der Waals surface area contributed by atoms with Gasteiger partial charge in [0.05, 0.1) is 10.6 Å². The highest BCUT2D eigenvalue weighted by Crippen LogP contribution is 2.30. The van der Waals surface area contributed by atoms with E-state index in [2.05, 4.69) is 5.32 Å². The number of sulfonamides is 1. The van der Waals surface area contributed by atoms with Crippen LogP contribution >= 0.6 is 23.2 Å². The average molecular weight is 619 g/mol. The van der Waals surface area contributed by atoms with Gasteiger partial charge in [-0.1, -0.05) is 86.4 Å². The number of carbonyl (C=O) groups excluding carboxylic acids is 2. The molecular weight excluding hydrogens is 581 g/mol. The number of para-hydroxylation sites is 1. The van der Waals surface area contributed by atoms with Crippen LogP contribution in [-0.4, -0.2) is 43.8 Å². The molecule has 3 rings (SSSR count). The average Bonchev–Trinajstić information content (AvgIpc) is 2.97. The number of carbonyl (C=O) groups is 2. The van der Waals surface area contributed by atoms with Gasteiger partial charge >= 0.3 is 0 Å². The number of halogens is 2. The Morgan fingerprint density at radius 3 is 2.05 bits per heavy atom. The summed E-state index contributed by atoms with van der Waals surface area (Å²) in [6.07, 6.45) is 1.56. The van der Waals surface area contributed by atoms with Crippen LogP contribution in [0, 0.1) is 0 Å². The van der Waals surface area contributed by atoms with E-state index in [1.165, 1.54) is 17.0 Å². The lowest BCUT2D eigenvalue weighted by molar-refractivity contribution is -0.140. The van der Waals surface area contributed by atoms with E-state index >= 15 is 0 Å². The van der Waals surface area contributed by atoms with E-state index in [4.69, 9.17) is 23.2 Å². The smallest absolute Gasteiger partial charge is 0.264 e. The second-order valence-corrected chi connectivity index (χ2v) is 12.4. The van der Waals surface area contributed by atoms with Crippen molar-refractivity contribution in [3.63, 3.8) is 0 Å². The summed E-state index contributed by atoms with van der Waals surface area (Å²) in [6.45, 7) is 6.97. The Morgan fingerprint density at radius 2 is 1.46 bits per heavy atom. The van der Waals surface area contributed by atoms with Crippen molar-refractivity contribution in [1.82, 2.24) is 10.2 Å². The minimum Gasteiger partial charge on any atom is -0.352 e. The summed E-state index contributed by atoms with van der Waals surface area (Å²) in [6, 6.07) is 19.1. The Morgan fingerprint density at radius 1 is 0.854 bits per heavy atom. The highest BCUT2D eigenvalue weighted by atomic mass is 35.5. The number of anilines is 1. The second-order valence-electron chi connectivity index (χ2n) is 9.77. The molecule has 220 valence electrons. The summed E-state index contributed by atoms with van der Waals surface area (Å²) in [5.41, 5.74) is 1.65. The maximum Gasteiger partial charge on any atom is 0.264 e. The lowest BCUT2D eigenvalue weighted by atomic mass is 10.1. The number of aryl methyl sites for hydroxylation is 1. The zero-order chi connectivity index (χ0) is 30.2. The van der Waals surface area contributed by atoms with Crippen molar-refractivity contribution in [1.29, 1.82) is 0 Å². The zero-order valence-corrected chi connectivity index (χ0v) is 26.1. The second kappa shape index (κ2) is 14.7. The van der Waals surface area contributed by atoms with Crippen molar-refractivity contribution in [3.05, 3.63) is 94.0 Å². The number of rotatable bonds is 13. The van der Waals surface area contributed by atoms with E-state index in [0.29, 0.717) is 40.6 Å². The van der Waals surface area contributed by atoms with Crippen molar-refractivity contribution in [2.75, 3.05) is 10.8 Å². The number of benzene rings is 3. The first-order valence-corrected chi connectivity index (χ1v) is 15.9. The van der Waals surface area contributed by atoms with Gasteiger partial charge in [-0.25, -0.2) is 8.42 Å². The molecule has 0 aromatic heterocycles. The van der Waals surface area contributed by atoms with Gasteiger partial charge in [-0.3, -0.25) is 13.9 Å². The summed E-state index contributed by atoms with van der Waals surface area (Å²) in [4.78, 5) is 29.1. The van der Waals surface area contributed by atoms with E-state index < -0.39 is 28.5 Å². The van der Waals surface area contributed by atoms with Gasteiger partial charge in [0.15, 0.2) is 0 Å². The van der Waals surface area contributed by atoms with Crippen LogP contribution in [0.3, 0.4) is 0 Å². The number of hydrogen-bond acceptors (Lipinski definition) is 4. The molecule has 0 fully saturated rings. The zero-order valence-electron chi connectivity index (χ0n) is 23.8. The molecular formula is C31H37Cl2N3O4S. The predicted octanol–water partition coefficient (Wildman–Crippen LogP) is 6.47. The highest BCUT2D eigenvalue weighted by molar-refractivity contribution is 7.92. The molecule has 1 N–H and O–H groups in total. The molecule has 0 aliphatic heterocycles. The Kier molecular flexibility index (Phi) is 11.6. The molecule has 0 spiro atoms. The number of amides is 2. The molecule has 0 saturated carbocycles. The van der Waals surface area contributed by atoms with Crippen LogP contribution in [0.4, 0.5) is 5.69 Å². The van der Waals surface area contributed by atoms with E-state index in [1.807, 2.05) is 32.9 Å². The van der Waals surface area contributed by atoms with E-state index in [1.54, 1.807) is 55.5 Å². The molecule has 3 aromatic carbocycles. The van der Waals surface area contributed by atoms with Crippen molar-refractivity contribution in [2.45, 2.75) is 70.5 Å². The van der Waals surface area contributed by atoms with Crippen molar-refractivity contribution in [3.8, 4) is 0 Å². The topological polar surface area (TPSA) is 86.8 Å². The molecule has 0 saturated heterocycles. The maximum atomic E-state index is 14.2. The largest absolute Gasteiger partial charge is 0.352 e. The van der Waals surface area contributed by atoms with E-state index in [-0.39, 0.29) is 23.4 Å². The molecule has 10 heteroatoms. The molecule has 2 amide bonds. The number of hydrogen-bond donors (Lipinski definition) is 1. The number of nitrogens with one attached hydrogen (secondary N) is 1. The van der Waals surface area contributed by atoms with Crippen LogP contribution in [0.15, 0.2) is 77.7 Å². The summed E-state index contributed by atoms with van der Waals surface area (Å²) < 4.78 is 29.2. The van der Waals surface area contributed by atoms with Gasteiger partial charge in [0.2, 0.25) is 11.8 Å². The fourth-order valence-electron chi connectivity index (χ4n) is 4.50. The van der Waals surface area contributed by atoms with Gasteiger partial charge in [0.25, 0.3) is 10.0 Å². The lowest BCUT2D eigenvalue weighted by Gasteiger charge is -2.34. The minimum absolute atomic E-state index is 0.0564. The number of nitrogens with zero attached hydrogens (tertiary/aromatic N) is 2. The van der Waals surface area contributed by atoms with Gasteiger partial charge in [-0.15, -0.1) is 0 Å². The molecule has 0 heterocycles. The molecule has 2 atom stereocenters. The van der Waals surface area contributed by atoms with Gasteiger partial charge in [-0.05, 0) is 62.1 Å². The van der Waals surface area contributed by atoms with Crippen LogP contribution in [0.2, 0.25) is 10.0 Å². The summed E-state index contributed by atoms with van der Waals surface area (Å²) in [7, 11) is -4.15. The Bertz CT molecular complexity index is 1430. The van der Waals surface area contributed by atoms with Gasteiger partial charge < -0.3 is 10.2 Å². The lowest BCUT2D eigenvalue weighted by Crippen LogP contribution is -2.53. The summed E-state index contributed by atoms with van der Waals surface area (Å²) in [5.74, 6) is -0.887. The third-order valence-corrected chi connectivity index (χ3v) is 9.51. The van der Waals surface area contributed by atoms with Crippen LogP contribution in [0.25, 0.3) is 0 Å². The first-order chi connectivity index (χ1) is 19.5. The molecule has 0 bridgehead atoms. The highest BCUT2D eigenvalue weighted by Gasteiger charge is 2.35. The third kappa shape index (κ3) is 7.82.